The summed E-state index contributed by atoms with van der Waals surface area (Å²) in [5.74, 6) is -0.354. The highest BCUT2D eigenvalue weighted by atomic mass is 35.5. The van der Waals surface area contributed by atoms with Crippen molar-refractivity contribution in [2.24, 2.45) is 0 Å². The van der Waals surface area contributed by atoms with Crippen molar-refractivity contribution in [2.45, 2.75) is 13.0 Å². The number of carbonyl (C=O) groups is 2. The van der Waals surface area contributed by atoms with Crippen LogP contribution in [-0.4, -0.2) is 41.2 Å². The second-order valence-electron chi connectivity index (χ2n) is 3.68. The third kappa shape index (κ3) is 4.91. The number of hydrogen-bond donors (Lipinski definition) is 2. The maximum absolute atomic E-state index is 11.7. The first-order valence-corrected chi connectivity index (χ1v) is 5.86. The van der Waals surface area contributed by atoms with Gasteiger partial charge in [0, 0.05) is 31.9 Å². The van der Waals surface area contributed by atoms with Gasteiger partial charge in [-0.2, -0.15) is 0 Å². The molecule has 2 N–H and O–H groups in total. The normalized spacial score (nSPS) is 10.0. The highest BCUT2D eigenvalue weighted by Gasteiger charge is 2.09. The van der Waals surface area contributed by atoms with Crippen LogP contribution >= 0.6 is 11.6 Å². The van der Waals surface area contributed by atoms with Gasteiger partial charge in [-0.1, -0.05) is 0 Å². The molecule has 0 fully saturated rings. The summed E-state index contributed by atoms with van der Waals surface area (Å²) in [5.41, 5.74) is 0.977. The van der Waals surface area contributed by atoms with Crippen molar-refractivity contribution in [3.8, 4) is 0 Å². The number of H-pyrrole nitrogens is 1. The zero-order chi connectivity index (χ0) is 12.7. The lowest BCUT2D eigenvalue weighted by Crippen LogP contribution is -2.32. The predicted octanol–water partition coefficient (Wildman–Crippen LogP) is 0.718. The lowest BCUT2D eigenvalue weighted by atomic mass is 10.3. The van der Waals surface area contributed by atoms with Crippen LogP contribution < -0.4 is 5.32 Å². The van der Waals surface area contributed by atoms with Crippen LogP contribution in [0.5, 0.6) is 0 Å². The maximum atomic E-state index is 11.7. The number of nitrogens with one attached hydrogen (secondary N) is 2. The fourth-order valence-electron chi connectivity index (χ4n) is 1.36. The average Bonchev–Trinajstić information content (AvgIpc) is 2.81. The predicted molar refractivity (Wildman–Crippen MR) is 65.6 cm³/mol. The van der Waals surface area contributed by atoms with E-state index in [1.54, 1.807) is 11.9 Å². The first kappa shape index (κ1) is 13.6. The van der Waals surface area contributed by atoms with Crippen molar-refractivity contribution in [3.05, 3.63) is 24.0 Å². The van der Waals surface area contributed by atoms with Gasteiger partial charge in [-0.3, -0.25) is 9.59 Å². The Morgan fingerprint density at radius 3 is 2.88 bits per heavy atom. The first-order chi connectivity index (χ1) is 8.13. The molecule has 94 valence electrons. The number of nitrogens with zero attached hydrogens (tertiary/aromatic N) is 1. The molecule has 0 atom stereocenters. The van der Waals surface area contributed by atoms with Crippen LogP contribution in [0.15, 0.2) is 18.3 Å². The minimum absolute atomic E-state index is 0.0190. The summed E-state index contributed by atoms with van der Waals surface area (Å²) in [6.07, 6.45) is 2.09. The summed E-state index contributed by atoms with van der Waals surface area (Å²) in [6.45, 7) is 0.856. The second kappa shape index (κ2) is 6.96. The van der Waals surface area contributed by atoms with Gasteiger partial charge in [0.2, 0.25) is 11.8 Å². The Balaban J connectivity index is 2.25. The fourth-order valence-corrected chi connectivity index (χ4v) is 1.45. The number of alkyl halides is 1. The molecule has 1 rings (SSSR count). The Kier molecular flexibility index (Phi) is 5.56. The van der Waals surface area contributed by atoms with Crippen molar-refractivity contribution in [1.82, 2.24) is 15.2 Å². The Hall–Kier alpha value is -1.49. The van der Waals surface area contributed by atoms with E-state index in [1.807, 2.05) is 18.3 Å². The number of aromatic amines is 1. The van der Waals surface area contributed by atoms with E-state index in [1.165, 1.54) is 0 Å². The summed E-state index contributed by atoms with van der Waals surface area (Å²) in [6, 6.07) is 3.80. The Labute approximate surface area is 105 Å². The summed E-state index contributed by atoms with van der Waals surface area (Å²) in [5, 5.41) is 2.55. The van der Waals surface area contributed by atoms with Gasteiger partial charge < -0.3 is 15.2 Å². The van der Waals surface area contributed by atoms with Crippen molar-refractivity contribution in [2.75, 3.05) is 19.5 Å². The van der Waals surface area contributed by atoms with Gasteiger partial charge in [-0.25, -0.2) is 0 Å². The summed E-state index contributed by atoms with van der Waals surface area (Å²) in [4.78, 5) is 27.1. The van der Waals surface area contributed by atoms with Crippen molar-refractivity contribution >= 4 is 23.4 Å². The molecule has 0 unspecified atom stereocenters. The number of aromatic nitrogens is 1. The Bertz CT molecular complexity index is 365. The number of rotatable bonds is 6. The highest BCUT2D eigenvalue weighted by molar-refractivity contribution is 6.27. The second-order valence-corrected chi connectivity index (χ2v) is 3.95. The number of hydrogen-bond acceptors (Lipinski definition) is 2. The molecule has 5 nitrogen and oxygen atoms in total. The molecule has 1 aromatic rings. The molecule has 0 aromatic carbocycles. The fraction of sp³-hybridized carbons (Fsp3) is 0.455. The molecular weight excluding hydrogens is 242 g/mol. The molecule has 17 heavy (non-hydrogen) atoms. The maximum Gasteiger partial charge on any atom is 0.234 e. The van der Waals surface area contributed by atoms with Crippen LogP contribution in [0, 0.1) is 0 Å². The smallest absolute Gasteiger partial charge is 0.234 e. The summed E-state index contributed by atoms with van der Waals surface area (Å²) >= 11 is 5.31. The van der Waals surface area contributed by atoms with Crippen LogP contribution in [-0.2, 0) is 16.1 Å². The molecular formula is C11H16ClN3O2. The average molecular weight is 258 g/mol. The van der Waals surface area contributed by atoms with Crippen molar-refractivity contribution in [1.29, 1.82) is 0 Å². The van der Waals surface area contributed by atoms with Gasteiger partial charge in [-0.05, 0) is 12.1 Å². The van der Waals surface area contributed by atoms with Crippen LogP contribution in [0.1, 0.15) is 12.1 Å². The third-order valence-electron chi connectivity index (χ3n) is 2.28. The minimum atomic E-state index is -0.258. The monoisotopic (exact) mass is 257 g/mol. The van der Waals surface area contributed by atoms with Gasteiger partial charge in [0.15, 0.2) is 0 Å². The van der Waals surface area contributed by atoms with E-state index in [2.05, 4.69) is 10.3 Å². The van der Waals surface area contributed by atoms with E-state index in [0.717, 1.165) is 5.69 Å². The molecule has 1 heterocycles. The Morgan fingerprint density at radius 2 is 2.29 bits per heavy atom. The van der Waals surface area contributed by atoms with E-state index < -0.39 is 0 Å². The molecule has 0 bridgehead atoms. The molecule has 0 radical (unpaired) electrons. The lowest BCUT2D eigenvalue weighted by Gasteiger charge is -2.16. The van der Waals surface area contributed by atoms with Gasteiger partial charge in [0.05, 0.1) is 6.54 Å². The third-order valence-corrected chi connectivity index (χ3v) is 2.52. The molecule has 0 aliphatic carbocycles. The topological polar surface area (TPSA) is 65.2 Å². The standard InChI is InChI=1S/C11H16ClN3O2/c1-15(8-9-3-2-5-13-9)11(17)4-6-14-10(16)7-12/h2-3,5,13H,4,6-8H2,1H3,(H,14,16). The molecule has 0 aliphatic rings. The number of carbonyl (C=O) groups excluding carboxylic acids is 2. The van der Waals surface area contributed by atoms with Crippen LogP contribution in [0.25, 0.3) is 0 Å². The largest absolute Gasteiger partial charge is 0.364 e. The van der Waals surface area contributed by atoms with E-state index in [4.69, 9.17) is 11.6 Å². The Morgan fingerprint density at radius 1 is 1.53 bits per heavy atom. The van der Waals surface area contributed by atoms with E-state index in [-0.39, 0.29) is 24.1 Å². The molecule has 2 amide bonds. The molecule has 0 aliphatic heterocycles. The molecule has 1 aromatic heterocycles. The molecule has 6 heteroatoms. The summed E-state index contributed by atoms with van der Waals surface area (Å²) < 4.78 is 0. The minimum Gasteiger partial charge on any atom is -0.364 e. The van der Waals surface area contributed by atoms with Gasteiger partial charge >= 0.3 is 0 Å². The van der Waals surface area contributed by atoms with Crippen molar-refractivity contribution in [3.63, 3.8) is 0 Å². The van der Waals surface area contributed by atoms with Gasteiger partial charge in [-0.15, -0.1) is 11.6 Å². The van der Waals surface area contributed by atoms with E-state index in [9.17, 15) is 9.59 Å². The number of halogens is 1. The zero-order valence-corrected chi connectivity index (χ0v) is 10.5. The quantitative estimate of drug-likeness (QED) is 0.738. The highest BCUT2D eigenvalue weighted by Crippen LogP contribution is 2.01. The first-order valence-electron chi connectivity index (χ1n) is 5.32. The van der Waals surface area contributed by atoms with Crippen LogP contribution in [0.4, 0.5) is 0 Å². The van der Waals surface area contributed by atoms with Crippen LogP contribution in [0.2, 0.25) is 0 Å². The molecule has 0 spiro atoms. The SMILES string of the molecule is CN(Cc1ccc[nH]1)C(=O)CCNC(=O)CCl. The molecule has 0 saturated heterocycles. The lowest BCUT2D eigenvalue weighted by molar-refractivity contribution is -0.130. The zero-order valence-electron chi connectivity index (χ0n) is 9.70. The van der Waals surface area contributed by atoms with Crippen molar-refractivity contribution < 1.29 is 9.59 Å². The van der Waals surface area contributed by atoms with Crippen LogP contribution in [0.3, 0.4) is 0 Å². The molecule has 0 saturated carbocycles. The van der Waals surface area contributed by atoms with Gasteiger partial charge in [0.25, 0.3) is 0 Å². The number of amides is 2. The van der Waals surface area contributed by atoms with Gasteiger partial charge in [0.1, 0.15) is 5.88 Å². The van der Waals surface area contributed by atoms with E-state index >= 15 is 0 Å². The van der Waals surface area contributed by atoms with E-state index in [0.29, 0.717) is 13.1 Å². The summed E-state index contributed by atoms with van der Waals surface area (Å²) in [7, 11) is 1.73.